The van der Waals surface area contributed by atoms with E-state index in [1.807, 2.05) is 0 Å². The van der Waals surface area contributed by atoms with E-state index in [9.17, 15) is 18.0 Å². The van der Waals surface area contributed by atoms with Gasteiger partial charge in [0.15, 0.2) is 5.69 Å². The minimum Gasteiger partial charge on any atom is -0.351 e. The molecule has 2 N–H and O–H groups in total. The number of nitrogens with one attached hydrogen (secondary N) is 2. The Hall–Kier alpha value is -2.42. The van der Waals surface area contributed by atoms with Gasteiger partial charge in [-0.05, 0) is 50.0 Å². The van der Waals surface area contributed by atoms with Crippen molar-refractivity contribution in [3.63, 3.8) is 0 Å². The van der Waals surface area contributed by atoms with Crippen molar-refractivity contribution in [1.82, 2.24) is 25.6 Å². The van der Waals surface area contributed by atoms with Crippen molar-refractivity contribution in [3.8, 4) is 5.69 Å². The van der Waals surface area contributed by atoms with Gasteiger partial charge < -0.3 is 10.6 Å². The summed E-state index contributed by atoms with van der Waals surface area (Å²) in [7, 11) is 0. The van der Waals surface area contributed by atoms with E-state index in [0.29, 0.717) is 12.5 Å². The molecule has 2 aromatic rings. The summed E-state index contributed by atoms with van der Waals surface area (Å²) < 4.78 is 39.5. The molecule has 134 valence electrons. The van der Waals surface area contributed by atoms with Crippen LogP contribution in [0.25, 0.3) is 5.69 Å². The summed E-state index contributed by atoms with van der Waals surface area (Å²) in [5.74, 6) is 0.172. The lowest BCUT2D eigenvalue weighted by molar-refractivity contribution is -0.137. The van der Waals surface area contributed by atoms with Crippen LogP contribution in [0, 0.1) is 5.92 Å². The van der Waals surface area contributed by atoms with Crippen LogP contribution in [-0.4, -0.2) is 40.5 Å². The Morgan fingerprint density at radius 2 is 2.24 bits per heavy atom. The molecule has 1 aliphatic heterocycles. The van der Waals surface area contributed by atoms with Crippen molar-refractivity contribution in [2.45, 2.75) is 19.0 Å². The van der Waals surface area contributed by atoms with E-state index in [1.165, 1.54) is 18.3 Å². The fraction of sp³-hybridized carbons (Fsp3) is 0.438. The van der Waals surface area contributed by atoms with Crippen LogP contribution in [0.4, 0.5) is 13.2 Å². The van der Waals surface area contributed by atoms with E-state index < -0.39 is 11.7 Å². The zero-order valence-corrected chi connectivity index (χ0v) is 13.4. The Kier molecular flexibility index (Phi) is 5.03. The Labute approximate surface area is 142 Å². The minimum atomic E-state index is -4.44. The maximum Gasteiger partial charge on any atom is 0.416 e. The summed E-state index contributed by atoms with van der Waals surface area (Å²) in [5.41, 5.74) is -0.517. The van der Waals surface area contributed by atoms with E-state index in [0.717, 1.165) is 42.7 Å². The number of aromatic nitrogens is 3. The Bertz CT molecular complexity index is 737. The predicted octanol–water partition coefficient (Wildman–Crippen LogP) is 2.02. The third-order valence-corrected chi connectivity index (χ3v) is 4.16. The molecule has 1 fully saturated rings. The molecule has 9 heteroatoms. The van der Waals surface area contributed by atoms with E-state index in [2.05, 4.69) is 20.9 Å². The standard InChI is InChI=1S/C16H18F3N5O/c17-16(18,19)12-2-1-3-13(8-12)24-10-14(22-23-24)15(25)21-7-5-11-4-6-20-9-11/h1-3,8,10-11,20H,4-7,9H2,(H,21,25). The van der Waals surface area contributed by atoms with Crippen LogP contribution in [0.5, 0.6) is 0 Å². The summed E-state index contributed by atoms with van der Waals surface area (Å²) in [4.78, 5) is 12.1. The van der Waals surface area contributed by atoms with Gasteiger partial charge in [-0.15, -0.1) is 5.10 Å². The number of carbonyl (C=O) groups is 1. The lowest BCUT2D eigenvalue weighted by Crippen LogP contribution is -2.26. The van der Waals surface area contributed by atoms with Crippen LogP contribution in [-0.2, 0) is 6.18 Å². The highest BCUT2D eigenvalue weighted by Crippen LogP contribution is 2.30. The van der Waals surface area contributed by atoms with Crippen molar-refractivity contribution in [2.75, 3.05) is 19.6 Å². The van der Waals surface area contributed by atoms with E-state index in [4.69, 9.17) is 0 Å². The normalized spacial score (nSPS) is 17.6. The first-order chi connectivity index (χ1) is 11.9. The van der Waals surface area contributed by atoms with Gasteiger partial charge >= 0.3 is 6.18 Å². The summed E-state index contributed by atoms with van der Waals surface area (Å²) >= 11 is 0. The topological polar surface area (TPSA) is 71.8 Å². The number of hydrogen-bond donors (Lipinski definition) is 2. The van der Waals surface area contributed by atoms with Crippen molar-refractivity contribution in [1.29, 1.82) is 0 Å². The van der Waals surface area contributed by atoms with Crippen molar-refractivity contribution < 1.29 is 18.0 Å². The van der Waals surface area contributed by atoms with Gasteiger partial charge in [-0.2, -0.15) is 13.2 Å². The number of amides is 1. The molecule has 1 aromatic heterocycles. The summed E-state index contributed by atoms with van der Waals surface area (Å²) in [6, 6.07) is 4.70. The first-order valence-electron chi connectivity index (χ1n) is 8.02. The second-order valence-corrected chi connectivity index (χ2v) is 6.00. The molecular weight excluding hydrogens is 335 g/mol. The molecule has 0 radical (unpaired) electrons. The highest BCUT2D eigenvalue weighted by atomic mass is 19.4. The fourth-order valence-corrected chi connectivity index (χ4v) is 2.76. The summed E-state index contributed by atoms with van der Waals surface area (Å²) in [6.07, 6.45) is -1.14. The molecule has 0 saturated carbocycles. The Morgan fingerprint density at radius 1 is 1.40 bits per heavy atom. The largest absolute Gasteiger partial charge is 0.416 e. The smallest absolute Gasteiger partial charge is 0.351 e. The van der Waals surface area contributed by atoms with Crippen molar-refractivity contribution in [3.05, 3.63) is 41.7 Å². The third-order valence-electron chi connectivity index (χ3n) is 4.16. The molecule has 1 saturated heterocycles. The third kappa shape index (κ3) is 4.36. The molecule has 2 heterocycles. The van der Waals surface area contributed by atoms with Crippen molar-refractivity contribution in [2.24, 2.45) is 5.92 Å². The quantitative estimate of drug-likeness (QED) is 0.863. The SMILES string of the molecule is O=C(NCCC1CCNC1)c1cn(-c2cccc(C(F)(F)F)c2)nn1. The highest BCUT2D eigenvalue weighted by molar-refractivity contribution is 5.91. The van der Waals surface area contributed by atoms with E-state index in [-0.39, 0.29) is 17.3 Å². The maximum atomic E-state index is 12.8. The summed E-state index contributed by atoms with van der Waals surface area (Å²) in [6.45, 7) is 2.49. The van der Waals surface area contributed by atoms with Crippen LogP contribution in [0.2, 0.25) is 0 Å². The van der Waals surface area contributed by atoms with Crippen LogP contribution in [0.1, 0.15) is 28.9 Å². The van der Waals surface area contributed by atoms with Crippen LogP contribution in [0.3, 0.4) is 0 Å². The number of halogens is 3. The van der Waals surface area contributed by atoms with Gasteiger partial charge in [-0.1, -0.05) is 11.3 Å². The van der Waals surface area contributed by atoms with Gasteiger partial charge in [0, 0.05) is 6.54 Å². The number of hydrogen-bond acceptors (Lipinski definition) is 4. The average Bonchev–Trinajstić information content (AvgIpc) is 3.26. The molecule has 1 atom stereocenters. The Morgan fingerprint density at radius 3 is 2.96 bits per heavy atom. The van der Waals surface area contributed by atoms with Gasteiger partial charge in [-0.25, -0.2) is 4.68 Å². The monoisotopic (exact) mass is 353 g/mol. The zero-order chi connectivity index (χ0) is 17.9. The number of alkyl halides is 3. The van der Waals surface area contributed by atoms with Gasteiger partial charge in [0.25, 0.3) is 5.91 Å². The molecule has 1 aromatic carbocycles. The molecule has 0 bridgehead atoms. The highest BCUT2D eigenvalue weighted by Gasteiger charge is 2.30. The molecule has 1 unspecified atom stereocenters. The fourth-order valence-electron chi connectivity index (χ4n) is 2.76. The molecule has 0 spiro atoms. The Balaban J connectivity index is 1.62. The van der Waals surface area contributed by atoms with Gasteiger partial charge in [-0.3, -0.25) is 4.79 Å². The number of benzene rings is 1. The van der Waals surface area contributed by atoms with Crippen LogP contribution >= 0.6 is 0 Å². The van der Waals surface area contributed by atoms with E-state index >= 15 is 0 Å². The van der Waals surface area contributed by atoms with Gasteiger partial charge in [0.05, 0.1) is 17.4 Å². The summed E-state index contributed by atoms with van der Waals surface area (Å²) in [5, 5.41) is 13.5. The second-order valence-electron chi connectivity index (χ2n) is 6.00. The number of carbonyl (C=O) groups excluding carboxylic acids is 1. The number of nitrogens with zero attached hydrogens (tertiary/aromatic N) is 3. The lowest BCUT2D eigenvalue weighted by Gasteiger charge is -2.08. The predicted molar refractivity (Wildman–Crippen MR) is 84.3 cm³/mol. The van der Waals surface area contributed by atoms with Crippen LogP contribution < -0.4 is 10.6 Å². The maximum absolute atomic E-state index is 12.8. The number of rotatable bonds is 5. The zero-order valence-electron chi connectivity index (χ0n) is 13.4. The molecule has 1 amide bonds. The minimum absolute atomic E-state index is 0.0713. The molecule has 3 rings (SSSR count). The van der Waals surface area contributed by atoms with E-state index in [1.54, 1.807) is 0 Å². The average molecular weight is 353 g/mol. The van der Waals surface area contributed by atoms with Gasteiger partial charge in [0.2, 0.25) is 0 Å². The molecule has 1 aliphatic rings. The first kappa shape index (κ1) is 17.4. The molecule has 25 heavy (non-hydrogen) atoms. The molecular formula is C16H18F3N5O. The van der Waals surface area contributed by atoms with Crippen molar-refractivity contribution >= 4 is 5.91 Å². The molecule has 6 nitrogen and oxygen atoms in total. The lowest BCUT2D eigenvalue weighted by atomic mass is 10.1. The van der Waals surface area contributed by atoms with Gasteiger partial charge in [0.1, 0.15) is 0 Å². The van der Waals surface area contributed by atoms with Crippen LogP contribution in [0.15, 0.2) is 30.5 Å². The molecule has 0 aliphatic carbocycles. The second kappa shape index (κ2) is 7.22. The first-order valence-corrected chi connectivity index (χ1v) is 8.02.